The summed E-state index contributed by atoms with van der Waals surface area (Å²) < 4.78 is 79.4. The zero-order chi connectivity index (χ0) is 46.9. The molecular formula is C48H83F2N2O11P. The van der Waals surface area contributed by atoms with Gasteiger partial charge in [0.1, 0.15) is 5.78 Å². The highest BCUT2D eigenvalue weighted by Gasteiger charge is 2.60. The van der Waals surface area contributed by atoms with Gasteiger partial charge in [0.15, 0.2) is 0 Å². The molecule has 0 aliphatic carbocycles. The highest BCUT2D eigenvalue weighted by molar-refractivity contribution is 7.48. The van der Waals surface area contributed by atoms with Crippen LogP contribution >= 0.6 is 7.82 Å². The molecule has 2 heterocycles. The first-order chi connectivity index (χ1) is 30.9. The number of unbranched alkanes of at least 4 members (excludes halogenated alkanes) is 23. The first kappa shape index (κ1) is 57.5. The SMILES string of the molecule is CCCCCCCCCCCCCCCCC(=O)C[C@@H]1[C@@H](COP(=O)(OCOC(=O)CCCCCCCC)OCOC(=O)CCCCCCCC)O[C@@H](n2ccc(C)nc2=O)C1(F)F. The van der Waals surface area contributed by atoms with Crippen molar-refractivity contribution in [2.45, 2.75) is 239 Å². The van der Waals surface area contributed by atoms with E-state index in [1.54, 1.807) is 6.92 Å². The molecular weight excluding hydrogens is 850 g/mol. The van der Waals surface area contributed by atoms with Gasteiger partial charge in [0, 0.05) is 37.6 Å². The van der Waals surface area contributed by atoms with Crippen LogP contribution in [0.25, 0.3) is 0 Å². The van der Waals surface area contributed by atoms with Crippen molar-refractivity contribution in [2.24, 2.45) is 5.92 Å². The van der Waals surface area contributed by atoms with Crippen molar-refractivity contribution >= 4 is 25.5 Å². The predicted octanol–water partition coefficient (Wildman–Crippen LogP) is 13.2. The average Bonchev–Trinajstić information content (AvgIpc) is 3.50. The highest BCUT2D eigenvalue weighted by Crippen LogP contribution is 2.53. The van der Waals surface area contributed by atoms with Crippen LogP contribution in [0.5, 0.6) is 0 Å². The fourth-order valence-electron chi connectivity index (χ4n) is 7.83. The maximum atomic E-state index is 16.4. The van der Waals surface area contributed by atoms with E-state index < -0.39 is 82.0 Å². The van der Waals surface area contributed by atoms with Crippen LogP contribution in [0.15, 0.2) is 17.1 Å². The summed E-state index contributed by atoms with van der Waals surface area (Å²) in [6.07, 6.45) is 24.5. The Morgan fingerprint density at radius 3 is 1.48 bits per heavy atom. The van der Waals surface area contributed by atoms with Crippen molar-refractivity contribution in [2.75, 3.05) is 20.2 Å². The number of ketones is 1. The van der Waals surface area contributed by atoms with Gasteiger partial charge in [0.25, 0.3) is 5.92 Å². The van der Waals surface area contributed by atoms with Gasteiger partial charge < -0.3 is 14.2 Å². The summed E-state index contributed by atoms with van der Waals surface area (Å²) in [5.74, 6) is -7.17. The number of ether oxygens (including phenoxy) is 3. The first-order valence-electron chi connectivity index (χ1n) is 24.8. The highest BCUT2D eigenvalue weighted by atomic mass is 31.2. The number of aryl methyl sites for hydroxylation is 1. The van der Waals surface area contributed by atoms with Crippen molar-refractivity contribution in [3.05, 3.63) is 28.4 Å². The monoisotopic (exact) mass is 933 g/mol. The molecule has 1 aliphatic rings. The van der Waals surface area contributed by atoms with Crippen LogP contribution in [-0.2, 0) is 46.7 Å². The molecule has 1 aliphatic heterocycles. The molecule has 0 aromatic carbocycles. The molecule has 0 N–H and O–H groups in total. The van der Waals surface area contributed by atoms with Gasteiger partial charge in [-0.15, -0.1) is 0 Å². The Labute approximate surface area is 382 Å². The molecule has 1 aromatic rings. The van der Waals surface area contributed by atoms with Crippen LogP contribution in [0.1, 0.15) is 225 Å². The molecule has 64 heavy (non-hydrogen) atoms. The Kier molecular flexibility index (Phi) is 31.2. The lowest BCUT2D eigenvalue weighted by molar-refractivity contribution is -0.154. The molecule has 2 rings (SSSR count). The fourth-order valence-corrected chi connectivity index (χ4v) is 8.75. The van der Waals surface area contributed by atoms with Gasteiger partial charge in [-0.25, -0.2) is 27.2 Å². The number of hydrogen-bond donors (Lipinski definition) is 0. The normalized spacial score (nSPS) is 17.2. The number of aromatic nitrogens is 2. The second-order valence-corrected chi connectivity index (χ2v) is 19.1. The Balaban J connectivity index is 2.05. The molecule has 0 saturated carbocycles. The quantitative estimate of drug-likeness (QED) is 0.0265. The molecule has 1 fully saturated rings. The van der Waals surface area contributed by atoms with E-state index in [0.29, 0.717) is 29.5 Å². The summed E-state index contributed by atoms with van der Waals surface area (Å²) in [4.78, 5) is 54.7. The summed E-state index contributed by atoms with van der Waals surface area (Å²) >= 11 is 0. The van der Waals surface area contributed by atoms with Crippen molar-refractivity contribution < 1.29 is 55.5 Å². The molecule has 3 atom stereocenters. The zero-order valence-corrected chi connectivity index (χ0v) is 40.7. The number of phosphoric ester groups is 1. The van der Waals surface area contributed by atoms with E-state index in [9.17, 15) is 23.7 Å². The number of Topliss-reactive ketones (excluding diaryl/α,β-unsaturated/α-hetero) is 1. The van der Waals surface area contributed by atoms with Gasteiger partial charge >= 0.3 is 25.5 Å². The lowest BCUT2D eigenvalue weighted by Gasteiger charge is -2.24. The minimum absolute atomic E-state index is 0.0911. The third-order valence-electron chi connectivity index (χ3n) is 11.8. The van der Waals surface area contributed by atoms with Crippen molar-refractivity contribution in [1.82, 2.24) is 9.55 Å². The van der Waals surface area contributed by atoms with E-state index in [-0.39, 0.29) is 19.3 Å². The molecule has 0 spiro atoms. The summed E-state index contributed by atoms with van der Waals surface area (Å²) in [6.45, 7) is 5.47. The molecule has 1 saturated heterocycles. The minimum Gasteiger partial charge on any atom is -0.438 e. The zero-order valence-electron chi connectivity index (χ0n) is 39.8. The Morgan fingerprint density at radius 2 is 1.06 bits per heavy atom. The number of rotatable bonds is 41. The van der Waals surface area contributed by atoms with Crippen LogP contribution in [0.4, 0.5) is 8.78 Å². The first-order valence-corrected chi connectivity index (χ1v) is 26.3. The number of carbonyl (C=O) groups excluding carboxylic acids is 3. The molecule has 0 unspecified atom stereocenters. The molecule has 16 heteroatoms. The summed E-state index contributed by atoms with van der Waals surface area (Å²) in [7, 11) is -4.77. The standard InChI is InChI=1S/C48H83F2N2O11P/c1-5-8-11-14-17-18-19-20-21-22-23-24-25-28-31-41(53)36-42-43(63-46(48(42,49)50)52-35-34-40(4)51-47(52)56)37-60-64(57,61-38-58-44(54)32-29-26-15-12-9-6-2)62-39-59-45(55)33-30-27-16-13-10-7-3/h34-35,42-43,46H,5-33,36-39H2,1-4H3/t42-,43-,46-/m1/s1. The van der Waals surface area contributed by atoms with Crippen molar-refractivity contribution in [3.63, 3.8) is 0 Å². The van der Waals surface area contributed by atoms with Gasteiger partial charge in [-0.3, -0.25) is 23.5 Å². The Hall–Kier alpha value is -2.58. The lowest BCUT2D eigenvalue weighted by Crippen LogP contribution is -2.39. The summed E-state index contributed by atoms with van der Waals surface area (Å²) in [5, 5.41) is 0. The van der Waals surface area contributed by atoms with Gasteiger partial charge in [-0.05, 0) is 32.3 Å². The number of alkyl halides is 2. The molecule has 370 valence electrons. The van der Waals surface area contributed by atoms with Crippen LogP contribution in [0, 0.1) is 12.8 Å². The van der Waals surface area contributed by atoms with E-state index in [2.05, 4.69) is 25.8 Å². The van der Waals surface area contributed by atoms with E-state index in [1.807, 2.05) is 0 Å². The van der Waals surface area contributed by atoms with E-state index in [4.69, 9.17) is 27.8 Å². The number of hydrogen-bond acceptors (Lipinski definition) is 12. The summed E-state index contributed by atoms with van der Waals surface area (Å²) in [5.41, 5.74) is -0.653. The topological polar surface area (TPSA) is 159 Å². The van der Waals surface area contributed by atoms with Crippen LogP contribution in [-0.4, -0.2) is 59.5 Å². The van der Waals surface area contributed by atoms with E-state index in [1.165, 1.54) is 63.9 Å². The molecule has 13 nitrogen and oxygen atoms in total. The van der Waals surface area contributed by atoms with Crippen molar-refractivity contribution in [1.29, 1.82) is 0 Å². The molecule has 0 bridgehead atoms. The van der Waals surface area contributed by atoms with Crippen LogP contribution in [0.3, 0.4) is 0 Å². The number of carbonyl (C=O) groups is 3. The maximum Gasteiger partial charge on any atom is 0.480 e. The average molecular weight is 933 g/mol. The number of halogens is 2. The molecule has 0 radical (unpaired) electrons. The largest absolute Gasteiger partial charge is 0.480 e. The van der Waals surface area contributed by atoms with E-state index >= 15 is 8.78 Å². The third kappa shape index (κ3) is 24.8. The minimum atomic E-state index is -4.77. The van der Waals surface area contributed by atoms with Crippen LogP contribution < -0.4 is 5.69 Å². The van der Waals surface area contributed by atoms with Gasteiger partial charge in [-0.1, -0.05) is 168 Å². The lowest BCUT2D eigenvalue weighted by atomic mass is 9.90. The van der Waals surface area contributed by atoms with Gasteiger partial charge in [-0.2, -0.15) is 4.98 Å². The third-order valence-corrected chi connectivity index (χ3v) is 13.1. The van der Waals surface area contributed by atoms with Crippen LogP contribution in [0.2, 0.25) is 0 Å². The smallest absolute Gasteiger partial charge is 0.438 e. The Bertz CT molecular complexity index is 1490. The van der Waals surface area contributed by atoms with E-state index in [0.717, 1.165) is 96.1 Å². The molecule has 1 aromatic heterocycles. The van der Waals surface area contributed by atoms with Gasteiger partial charge in [0.2, 0.25) is 19.8 Å². The second-order valence-electron chi connectivity index (χ2n) is 17.5. The van der Waals surface area contributed by atoms with Crippen molar-refractivity contribution in [3.8, 4) is 0 Å². The Morgan fingerprint density at radius 1 is 0.656 bits per heavy atom. The molecule has 0 amide bonds. The predicted molar refractivity (Wildman–Crippen MR) is 244 cm³/mol. The number of phosphoric acid groups is 1. The summed E-state index contributed by atoms with van der Waals surface area (Å²) in [6, 6.07) is 1.39. The second kappa shape index (κ2) is 34.7. The number of nitrogens with zero attached hydrogens (tertiary/aromatic N) is 2. The number of esters is 2. The maximum absolute atomic E-state index is 16.4. The van der Waals surface area contributed by atoms with Gasteiger partial charge in [0.05, 0.1) is 18.6 Å². The fraction of sp³-hybridized carbons (Fsp3) is 0.854.